The highest BCUT2D eigenvalue weighted by Crippen LogP contribution is 2.30. The molecule has 21 heavy (non-hydrogen) atoms. The Bertz CT molecular complexity index is 685. The molecular formula is C15H13ClN2O2S. The topological polar surface area (TPSA) is 49.4 Å². The van der Waals surface area contributed by atoms with E-state index in [1.54, 1.807) is 22.4 Å². The smallest absolute Gasteiger partial charge is 0.252 e. The van der Waals surface area contributed by atoms with Crippen molar-refractivity contribution in [3.63, 3.8) is 0 Å². The first-order valence-corrected chi connectivity index (χ1v) is 7.86. The van der Waals surface area contributed by atoms with Crippen molar-refractivity contribution in [3.8, 4) is 0 Å². The highest BCUT2D eigenvalue weighted by molar-refractivity contribution is 7.08. The largest absolute Gasteiger partial charge is 0.343 e. The van der Waals surface area contributed by atoms with Gasteiger partial charge in [-0.3, -0.25) is 9.59 Å². The van der Waals surface area contributed by atoms with Gasteiger partial charge in [-0.05, 0) is 35.6 Å². The molecule has 108 valence electrons. The van der Waals surface area contributed by atoms with Gasteiger partial charge in [0.15, 0.2) is 0 Å². The van der Waals surface area contributed by atoms with E-state index in [9.17, 15) is 9.59 Å². The standard InChI is InChI=1S/C15H13ClN2O2S/c16-12-2-1-10-3-5-18(13(10)7-12)14(19)8-17-15(20)11-4-6-21-9-11/h1-2,4,6-7,9H,3,5,8H2,(H,17,20). The first kappa shape index (κ1) is 14.1. The molecule has 0 spiro atoms. The number of halogens is 1. The molecule has 1 aliphatic heterocycles. The van der Waals surface area contributed by atoms with Gasteiger partial charge in [-0.15, -0.1) is 0 Å². The molecule has 0 unspecified atom stereocenters. The molecule has 4 nitrogen and oxygen atoms in total. The Hall–Kier alpha value is -1.85. The van der Waals surface area contributed by atoms with Crippen LogP contribution in [0.25, 0.3) is 0 Å². The summed E-state index contributed by atoms with van der Waals surface area (Å²) in [5.41, 5.74) is 2.53. The fourth-order valence-corrected chi connectivity index (χ4v) is 3.16. The molecule has 3 rings (SSSR count). The Balaban J connectivity index is 1.65. The third kappa shape index (κ3) is 2.94. The number of benzene rings is 1. The summed E-state index contributed by atoms with van der Waals surface area (Å²) in [6.45, 7) is 0.615. The molecule has 0 saturated heterocycles. The average Bonchev–Trinajstić information content (AvgIpc) is 3.13. The first-order chi connectivity index (χ1) is 10.1. The Morgan fingerprint density at radius 3 is 2.95 bits per heavy atom. The zero-order valence-electron chi connectivity index (χ0n) is 11.1. The summed E-state index contributed by atoms with van der Waals surface area (Å²) in [6.07, 6.45) is 0.816. The van der Waals surface area contributed by atoms with E-state index >= 15 is 0 Å². The van der Waals surface area contributed by atoms with Gasteiger partial charge in [-0.25, -0.2) is 0 Å². The number of rotatable bonds is 3. The molecule has 0 saturated carbocycles. The van der Waals surface area contributed by atoms with Crippen molar-refractivity contribution in [1.82, 2.24) is 5.32 Å². The lowest BCUT2D eigenvalue weighted by Gasteiger charge is -2.17. The normalized spacial score (nSPS) is 13.1. The third-order valence-electron chi connectivity index (χ3n) is 3.43. The van der Waals surface area contributed by atoms with E-state index in [1.165, 1.54) is 11.3 Å². The van der Waals surface area contributed by atoms with Crippen LogP contribution in [0.3, 0.4) is 0 Å². The van der Waals surface area contributed by atoms with E-state index in [0.29, 0.717) is 17.1 Å². The highest BCUT2D eigenvalue weighted by Gasteiger charge is 2.24. The van der Waals surface area contributed by atoms with E-state index in [2.05, 4.69) is 5.32 Å². The first-order valence-electron chi connectivity index (χ1n) is 6.54. The van der Waals surface area contributed by atoms with E-state index in [0.717, 1.165) is 17.7 Å². The predicted octanol–water partition coefficient (Wildman–Crippen LogP) is 2.72. The Morgan fingerprint density at radius 2 is 2.19 bits per heavy atom. The maximum Gasteiger partial charge on any atom is 0.252 e. The minimum Gasteiger partial charge on any atom is -0.343 e. The lowest BCUT2D eigenvalue weighted by Crippen LogP contribution is -2.39. The summed E-state index contributed by atoms with van der Waals surface area (Å²) in [5, 5.41) is 6.84. The second kappa shape index (κ2) is 5.87. The maximum absolute atomic E-state index is 12.3. The number of thiophene rings is 1. The SMILES string of the molecule is O=C(NCC(=O)N1CCc2ccc(Cl)cc21)c1ccsc1. The lowest BCUT2D eigenvalue weighted by atomic mass is 10.2. The number of amides is 2. The van der Waals surface area contributed by atoms with Gasteiger partial charge in [0.05, 0.1) is 6.54 Å². The lowest BCUT2D eigenvalue weighted by molar-refractivity contribution is -0.117. The van der Waals surface area contributed by atoms with Crippen molar-refractivity contribution in [2.75, 3.05) is 18.0 Å². The van der Waals surface area contributed by atoms with Gasteiger partial charge in [0.2, 0.25) is 5.91 Å². The van der Waals surface area contributed by atoms with Gasteiger partial charge in [0.1, 0.15) is 0 Å². The quantitative estimate of drug-likeness (QED) is 0.945. The molecule has 0 bridgehead atoms. The minimum atomic E-state index is -0.227. The van der Waals surface area contributed by atoms with Crippen LogP contribution in [0.5, 0.6) is 0 Å². The zero-order valence-corrected chi connectivity index (χ0v) is 12.7. The van der Waals surface area contributed by atoms with Crippen LogP contribution >= 0.6 is 22.9 Å². The number of hydrogen-bond donors (Lipinski definition) is 1. The van der Waals surface area contributed by atoms with Crippen LogP contribution in [-0.2, 0) is 11.2 Å². The number of fused-ring (bicyclic) bond motifs is 1. The van der Waals surface area contributed by atoms with Crippen LogP contribution in [-0.4, -0.2) is 24.9 Å². The van der Waals surface area contributed by atoms with Crippen molar-refractivity contribution in [2.24, 2.45) is 0 Å². The molecule has 1 N–H and O–H groups in total. The molecule has 6 heteroatoms. The van der Waals surface area contributed by atoms with Crippen LogP contribution in [0.1, 0.15) is 15.9 Å². The average molecular weight is 321 g/mol. The van der Waals surface area contributed by atoms with Crippen molar-refractivity contribution < 1.29 is 9.59 Å². The Kier molecular flexibility index (Phi) is 3.94. The number of anilines is 1. The fraction of sp³-hybridized carbons (Fsp3) is 0.200. The number of carbonyl (C=O) groups excluding carboxylic acids is 2. The van der Waals surface area contributed by atoms with Crippen molar-refractivity contribution in [1.29, 1.82) is 0 Å². The number of nitrogens with zero attached hydrogens (tertiary/aromatic N) is 1. The molecule has 1 aromatic heterocycles. The van der Waals surface area contributed by atoms with Crippen LogP contribution in [0, 0.1) is 0 Å². The summed E-state index contributed by atoms with van der Waals surface area (Å²) in [7, 11) is 0. The maximum atomic E-state index is 12.3. The Labute approximate surface area is 131 Å². The molecule has 2 amide bonds. The molecular weight excluding hydrogens is 308 g/mol. The van der Waals surface area contributed by atoms with Gasteiger partial charge in [0, 0.05) is 28.2 Å². The van der Waals surface area contributed by atoms with Crippen molar-refractivity contribution in [3.05, 3.63) is 51.2 Å². The second-order valence-corrected chi connectivity index (χ2v) is 5.98. The summed E-state index contributed by atoms with van der Waals surface area (Å²) in [6, 6.07) is 7.29. The van der Waals surface area contributed by atoms with E-state index in [-0.39, 0.29) is 18.4 Å². The highest BCUT2D eigenvalue weighted by atomic mass is 35.5. The molecule has 1 aromatic carbocycles. The van der Waals surface area contributed by atoms with Crippen molar-refractivity contribution >= 4 is 40.4 Å². The van der Waals surface area contributed by atoms with Gasteiger partial charge in [0.25, 0.3) is 5.91 Å². The van der Waals surface area contributed by atoms with Gasteiger partial charge >= 0.3 is 0 Å². The van der Waals surface area contributed by atoms with E-state index in [4.69, 9.17) is 11.6 Å². The van der Waals surface area contributed by atoms with Crippen molar-refractivity contribution in [2.45, 2.75) is 6.42 Å². The van der Waals surface area contributed by atoms with E-state index < -0.39 is 0 Å². The number of nitrogens with one attached hydrogen (secondary N) is 1. The van der Waals surface area contributed by atoms with Gasteiger partial charge < -0.3 is 10.2 Å². The summed E-state index contributed by atoms with van der Waals surface area (Å²) < 4.78 is 0. The molecule has 0 radical (unpaired) electrons. The predicted molar refractivity (Wildman–Crippen MR) is 84.2 cm³/mol. The minimum absolute atomic E-state index is 0.0133. The second-order valence-electron chi connectivity index (χ2n) is 4.76. The van der Waals surface area contributed by atoms with Crippen LogP contribution < -0.4 is 10.2 Å². The fourth-order valence-electron chi connectivity index (χ4n) is 2.36. The molecule has 0 atom stereocenters. The monoisotopic (exact) mass is 320 g/mol. The molecule has 0 fully saturated rings. The summed E-state index contributed by atoms with van der Waals surface area (Å²) in [5.74, 6) is -0.352. The Morgan fingerprint density at radius 1 is 1.33 bits per heavy atom. The van der Waals surface area contributed by atoms with Crippen LogP contribution in [0.4, 0.5) is 5.69 Å². The number of hydrogen-bond acceptors (Lipinski definition) is 3. The molecule has 1 aliphatic rings. The van der Waals surface area contributed by atoms with Crippen LogP contribution in [0.15, 0.2) is 35.0 Å². The zero-order chi connectivity index (χ0) is 14.8. The van der Waals surface area contributed by atoms with Gasteiger partial charge in [-0.2, -0.15) is 11.3 Å². The van der Waals surface area contributed by atoms with Gasteiger partial charge in [-0.1, -0.05) is 17.7 Å². The van der Waals surface area contributed by atoms with Crippen LogP contribution in [0.2, 0.25) is 5.02 Å². The third-order valence-corrected chi connectivity index (χ3v) is 4.35. The summed E-state index contributed by atoms with van der Waals surface area (Å²) >= 11 is 7.43. The number of carbonyl (C=O) groups is 2. The molecule has 2 aromatic rings. The summed E-state index contributed by atoms with van der Waals surface area (Å²) in [4.78, 5) is 25.8. The molecule has 0 aliphatic carbocycles. The van der Waals surface area contributed by atoms with E-state index in [1.807, 2.05) is 17.5 Å². The molecule has 2 heterocycles.